The number of nitrogens with one attached hydrogen (secondary N) is 2. The second-order valence-corrected chi connectivity index (χ2v) is 5.36. The van der Waals surface area contributed by atoms with Gasteiger partial charge in [-0.25, -0.2) is 4.79 Å². The van der Waals surface area contributed by atoms with E-state index in [2.05, 4.69) is 9.97 Å². The van der Waals surface area contributed by atoms with Crippen LogP contribution in [-0.4, -0.2) is 26.8 Å². The first kappa shape index (κ1) is 21.3. The predicted molar refractivity (Wildman–Crippen MR) is 100.0 cm³/mol. The van der Waals surface area contributed by atoms with Gasteiger partial charge in [0.15, 0.2) is 5.78 Å². The molecule has 0 aliphatic rings. The van der Waals surface area contributed by atoms with E-state index in [1.54, 1.807) is 25.3 Å². The second-order valence-electron chi connectivity index (χ2n) is 5.36. The van der Waals surface area contributed by atoms with E-state index in [4.69, 9.17) is 5.11 Å². The molecular formula is C20H19LiN2O3. The summed E-state index contributed by atoms with van der Waals surface area (Å²) in [5, 5.41) is 10.8. The Morgan fingerprint density at radius 3 is 1.73 bits per heavy atom. The summed E-state index contributed by atoms with van der Waals surface area (Å²) in [6, 6.07) is 14.7. The Balaban J connectivity index is 0.000000241. The molecule has 2 heterocycles. The van der Waals surface area contributed by atoms with Gasteiger partial charge in [0.2, 0.25) is 0 Å². The summed E-state index contributed by atoms with van der Waals surface area (Å²) in [7, 11) is 0. The van der Waals surface area contributed by atoms with Crippen LogP contribution in [-0.2, 0) is 0 Å². The number of Topliss-reactive ketones (excluding diaryl/α,β-unsaturated/α-hetero) is 1. The number of hydrogen-bond donors (Lipinski definition) is 3. The van der Waals surface area contributed by atoms with Crippen molar-refractivity contribution in [2.24, 2.45) is 0 Å². The van der Waals surface area contributed by atoms with Gasteiger partial charge >= 0.3 is 24.8 Å². The molecule has 0 radical (unpaired) electrons. The van der Waals surface area contributed by atoms with E-state index >= 15 is 0 Å². The van der Waals surface area contributed by atoms with E-state index in [1.807, 2.05) is 42.6 Å². The number of para-hydroxylation sites is 2. The van der Waals surface area contributed by atoms with Gasteiger partial charge in [0.25, 0.3) is 0 Å². The first-order valence-electron chi connectivity index (χ1n) is 7.44. The molecule has 0 fully saturated rings. The topological polar surface area (TPSA) is 85.9 Å². The molecule has 0 saturated heterocycles. The predicted octanol–water partition coefficient (Wildman–Crippen LogP) is 1.69. The van der Waals surface area contributed by atoms with Gasteiger partial charge in [0, 0.05) is 28.7 Å². The molecule has 26 heavy (non-hydrogen) atoms. The summed E-state index contributed by atoms with van der Waals surface area (Å²) < 4.78 is 0. The fourth-order valence-corrected chi connectivity index (χ4v) is 2.64. The van der Waals surface area contributed by atoms with Crippen molar-refractivity contribution >= 4 is 33.6 Å². The molecule has 0 bridgehead atoms. The van der Waals surface area contributed by atoms with Crippen molar-refractivity contribution in [1.82, 2.24) is 9.97 Å². The van der Waals surface area contributed by atoms with Crippen LogP contribution in [0.2, 0.25) is 0 Å². The van der Waals surface area contributed by atoms with Crippen molar-refractivity contribution in [3.63, 3.8) is 0 Å². The van der Waals surface area contributed by atoms with Gasteiger partial charge in [0.05, 0.1) is 16.6 Å². The second kappa shape index (κ2) is 9.09. The van der Waals surface area contributed by atoms with Crippen LogP contribution in [0, 0.1) is 7.43 Å². The molecule has 2 aromatic heterocycles. The number of fused-ring (bicyclic) bond motifs is 2. The quantitative estimate of drug-likeness (QED) is 0.294. The summed E-state index contributed by atoms with van der Waals surface area (Å²) in [6.07, 6.45) is 3.58. The monoisotopic (exact) mass is 342 g/mol. The van der Waals surface area contributed by atoms with Crippen LogP contribution in [0.4, 0.5) is 0 Å². The van der Waals surface area contributed by atoms with E-state index in [1.165, 1.54) is 0 Å². The minimum absolute atomic E-state index is 0. The van der Waals surface area contributed by atoms with Gasteiger partial charge in [-0.05, 0) is 31.2 Å². The Morgan fingerprint density at radius 1 is 0.808 bits per heavy atom. The molecule has 0 atom stereocenters. The Labute approximate surface area is 163 Å². The van der Waals surface area contributed by atoms with Crippen LogP contribution < -0.4 is 18.9 Å². The van der Waals surface area contributed by atoms with Crippen molar-refractivity contribution in [3.8, 4) is 0 Å². The number of carbonyl (C=O) groups is 2. The minimum atomic E-state index is -0.900. The van der Waals surface area contributed by atoms with Crippen LogP contribution in [0.1, 0.15) is 27.6 Å². The summed E-state index contributed by atoms with van der Waals surface area (Å²) in [6.45, 7) is 1.58. The SMILES string of the molecule is CC(=O)c1cccc2cc[nH]c12.O=C(O)c1cccc2cc[nH]c12.[CH3-].[Li+]. The summed E-state index contributed by atoms with van der Waals surface area (Å²) in [5.41, 5.74) is 2.70. The number of hydrogen-bond acceptors (Lipinski definition) is 2. The van der Waals surface area contributed by atoms with Gasteiger partial charge in [-0.1, -0.05) is 24.3 Å². The molecule has 2 aromatic carbocycles. The molecule has 0 aliphatic heterocycles. The molecular weight excluding hydrogens is 323 g/mol. The van der Waals surface area contributed by atoms with Gasteiger partial charge in [-0.3, -0.25) is 4.79 Å². The van der Waals surface area contributed by atoms with Gasteiger partial charge in [-0.2, -0.15) is 0 Å². The molecule has 5 nitrogen and oxygen atoms in total. The number of carboxylic acids is 1. The normalized spacial score (nSPS) is 9.58. The van der Waals surface area contributed by atoms with Crippen LogP contribution >= 0.6 is 0 Å². The number of aromatic nitrogens is 2. The van der Waals surface area contributed by atoms with Crippen LogP contribution in [0.15, 0.2) is 60.9 Å². The Hall–Kier alpha value is -2.74. The van der Waals surface area contributed by atoms with Gasteiger partial charge < -0.3 is 22.5 Å². The van der Waals surface area contributed by atoms with Crippen molar-refractivity contribution in [2.75, 3.05) is 0 Å². The molecule has 0 aliphatic carbocycles. The Bertz CT molecular complexity index is 950. The van der Waals surface area contributed by atoms with E-state index in [0.717, 1.165) is 21.9 Å². The largest absolute Gasteiger partial charge is 1.00 e. The van der Waals surface area contributed by atoms with E-state index in [-0.39, 0.29) is 32.1 Å². The number of ketones is 1. The average Bonchev–Trinajstić information content (AvgIpc) is 3.23. The Morgan fingerprint density at radius 2 is 1.27 bits per heavy atom. The molecule has 3 N–H and O–H groups in total. The van der Waals surface area contributed by atoms with Crippen LogP contribution in [0.5, 0.6) is 0 Å². The zero-order valence-electron chi connectivity index (χ0n) is 15.0. The number of carboxylic acid groups (broad SMARTS) is 1. The standard InChI is InChI=1S/C10H9NO.C9H7NO2.CH3.Li/c1-7(12)9-4-2-3-8-5-6-11-10(8)9;11-9(12)7-3-1-2-6-4-5-10-8(6)7;;/h2-6,11H,1H3;1-5,10H,(H,11,12);1H3;/q;;-1;+1. The van der Waals surface area contributed by atoms with Crippen molar-refractivity contribution in [1.29, 1.82) is 0 Å². The average molecular weight is 342 g/mol. The van der Waals surface area contributed by atoms with Crippen molar-refractivity contribution in [3.05, 3.63) is 79.5 Å². The molecule has 6 heteroatoms. The van der Waals surface area contributed by atoms with Crippen molar-refractivity contribution < 1.29 is 33.6 Å². The van der Waals surface area contributed by atoms with Gasteiger partial charge in [-0.15, -0.1) is 0 Å². The first-order chi connectivity index (χ1) is 11.6. The van der Waals surface area contributed by atoms with Crippen LogP contribution in [0.3, 0.4) is 0 Å². The third kappa shape index (κ3) is 4.26. The summed E-state index contributed by atoms with van der Waals surface area (Å²) in [4.78, 5) is 27.8. The van der Waals surface area contributed by atoms with E-state index in [9.17, 15) is 9.59 Å². The molecule has 128 valence electrons. The third-order valence-corrected chi connectivity index (χ3v) is 3.78. The maximum absolute atomic E-state index is 11.1. The molecule has 0 unspecified atom stereocenters. The Kier molecular flexibility index (Phi) is 7.45. The fraction of sp³-hybridized carbons (Fsp3) is 0.0500. The molecule has 0 saturated carbocycles. The molecule has 4 rings (SSSR count). The zero-order chi connectivity index (χ0) is 17.1. The molecule has 0 amide bonds. The number of aromatic carboxylic acids is 1. The van der Waals surface area contributed by atoms with Crippen LogP contribution in [0.25, 0.3) is 21.8 Å². The number of aromatic amines is 2. The smallest absolute Gasteiger partial charge is 0.478 e. The maximum Gasteiger partial charge on any atom is 1.00 e. The number of H-pyrrole nitrogens is 2. The van der Waals surface area contributed by atoms with Crippen molar-refractivity contribution in [2.45, 2.75) is 6.92 Å². The van der Waals surface area contributed by atoms with E-state index in [0.29, 0.717) is 11.1 Å². The zero-order valence-corrected chi connectivity index (χ0v) is 15.0. The summed E-state index contributed by atoms with van der Waals surface area (Å²) >= 11 is 0. The molecule has 4 aromatic rings. The number of carbonyl (C=O) groups excluding carboxylic acids is 1. The number of benzene rings is 2. The number of rotatable bonds is 2. The first-order valence-corrected chi connectivity index (χ1v) is 7.44. The third-order valence-electron chi connectivity index (χ3n) is 3.78. The minimum Gasteiger partial charge on any atom is -0.478 e. The summed E-state index contributed by atoms with van der Waals surface area (Å²) in [5.74, 6) is -0.800. The molecule has 0 spiro atoms. The van der Waals surface area contributed by atoms with Gasteiger partial charge in [0.1, 0.15) is 0 Å². The maximum atomic E-state index is 11.1. The fourth-order valence-electron chi connectivity index (χ4n) is 2.64. The van der Waals surface area contributed by atoms with E-state index < -0.39 is 5.97 Å².